The Morgan fingerprint density at radius 3 is 3.05 bits per heavy atom. The lowest BCUT2D eigenvalue weighted by Crippen LogP contribution is -2.40. The number of benzene rings is 1. The molecule has 0 saturated heterocycles. The van der Waals surface area contributed by atoms with E-state index in [1.807, 2.05) is 36.5 Å². The third-order valence-electron chi connectivity index (χ3n) is 4.80. The van der Waals surface area contributed by atoms with Crippen LogP contribution >= 0.6 is 0 Å². The normalized spacial score (nSPS) is 26.1. The van der Waals surface area contributed by atoms with Gasteiger partial charge in [0.1, 0.15) is 11.9 Å². The Kier molecular flexibility index (Phi) is 2.77. The lowest BCUT2D eigenvalue weighted by Gasteiger charge is -2.35. The first-order valence-electron chi connectivity index (χ1n) is 7.39. The summed E-state index contributed by atoms with van der Waals surface area (Å²) in [5.41, 5.74) is 2.29. The number of Topliss-reactive ketones (excluding diaryl/α,β-unsaturated/α-hetero) is 1. The van der Waals surface area contributed by atoms with Crippen LogP contribution in [0.15, 0.2) is 46.0 Å². The third kappa shape index (κ3) is 1.75. The molecular weight excluding hydrogens is 276 g/mol. The summed E-state index contributed by atoms with van der Waals surface area (Å²) >= 11 is 0. The first kappa shape index (κ1) is 13.0. The summed E-state index contributed by atoms with van der Waals surface area (Å²) in [4.78, 5) is 17.1. The highest BCUT2D eigenvalue weighted by atomic mass is 16.3. The Labute approximate surface area is 128 Å². The van der Waals surface area contributed by atoms with Gasteiger partial charge in [0, 0.05) is 12.6 Å². The van der Waals surface area contributed by atoms with Gasteiger partial charge in [0.25, 0.3) is 0 Å². The van der Waals surface area contributed by atoms with E-state index in [1.165, 1.54) is 0 Å². The molecule has 1 aromatic heterocycles. The fourth-order valence-corrected chi connectivity index (χ4v) is 3.64. The number of ketones is 1. The third-order valence-corrected chi connectivity index (χ3v) is 4.80. The fourth-order valence-electron chi connectivity index (χ4n) is 3.64. The lowest BCUT2D eigenvalue weighted by molar-refractivity contribution is -0.124. The zero-order valence-electron chi connectivity index (χ0n) is 12.0. The molecular formula is C18H14N2O2. The van der Waals surface area contributed by atoms with E-state index in [4.69, 9.17) is 9.68 Å². The minimum absolute atomic E-state index is 0.209. The van der Waals surface area contributed by atoms with Gasteiger partial charge < -0.3 is 4.42 Å². The Morgan fingerprint density at radius 2 is 2.23 bits per heavy atom. The smallest absolute Gasteiger partial charge is 0.203 e. The summed E-state index contributed by atoms with van der Waals surface area (Å²) < 4.78 is 5.23. The van der Waals surface area contributed by atoms with E-state index in [0.717, 1.165) is 23.2 Å². The number of rotatable bonds is 1. The molecule has 0 bridgehead atoms. The molecule has 4 rings (SSSR count). The molecule has 4 heteroatoms. The maximum Gasteiger partial charge on any atom is 0.203 e. The molecule has 1 aromatic carbocycles. The Balaban J connectivity index is 1.73. The Bertz CT molecular complexity index is 828. The van der Waals surface area contributed by atoms with Crippen LogP contribution in [-0.2, 0) is 10.2 Å². The van der Waals surface area contributed by atoms with Crippen molar-refractivity contribution in [3.8, 4) is 6.07 Å². The SMILES string of the molecule is N#Cc1cc(C2CCC(=O)C3(C=Nc4ccccc43)C2)co1. The number of nitrogens with zero attached hydrogens (tertiary/aromatic N) is 2. The molecule has 1 aliphatic heterocycles. The van der Waals surface area contributed by atoms with Gasteiger partial charge in [0.2, 0.25) is 5.76 Å². The molecule has 2 atom stereocenters. The average Bonchev–Trinajstić information content (AvgIpc) is 3.17. The quantitative estimate of drug-likeness (QED) is 0.805. The van der Waals surface area contributed by atoms with Crippen molar-refractivity contribution >= 4 is 17.7 Å². The van der Waals surface area contributed by atoms with Gasteiger partial charge in [-0.25, -0.2) is 0 Å². The van der Waals surface area contributed by atoms with Crippen molar-refractivity contribution in [2.75, 3.05) is 0 Å². The zero-order valence-corrected chi connectivity index (χ0v) is 12.0. The van der Waals surface area contributed by atoms with Gasteiger partial charge >= 0.3 is 0 Å². The van der Waals surface area contributed by atoms with E-state index in [0.29, 0.717) is 18.6 Å². The summed E-state index contributed by atoms with van der Waals surface area (Å²) in [6, 6.07) is 11.6. The van der Waals surface area contributed by atoms with Gasteiger partial charge in [-0.3, -0.25) is 9.79 Å². The number of fused-ring (bicyclic) bond motifs is 2. The maximum atomic E-state index is 12.7. The van der Waals surface area contributed by atoms with Crippen LogP contribution in [0.4, 0.5) is 5.69 Å². The van der Waals surface area contributed by atoms with Gasteiger partial charge in [-0.2, -0.15) is 5.26 Å². The van der Waals surface area contributed by atoms with Gasteiger partial charge in [0.15, 0.2) is 0 Å². The number of furan rings is 1. The Morgan fingerprint density at radius 1 is 1.36 bits per heavy atom. The topological polar surface area (TPSA) is 66.4 Å². The summed E-state index contributed by atoms with van der Waals surface area (Å²) in [5, 5.41) is 8.91. The predicted molar refractivity (Wildman–Crippen MR) is 81.3 cm³/mol. The Hall–Kier alpha value is -2.67. The zero-order chi connectivity index (χ0) is 15.2. The van der Waals surface area contributed by atoms with Crippen molar-refractivity contribution in [1.82, 2.24) is 0 Å². The standard InChI is InChI=1S/C18H14N2O2/c19-9-14-7-13(10-22-14)12-5-6-17(21)18(8-12)11-20-16-4-2-1-3-15(16)18/h1-4,7,10-12H,5-6,8H2. The number of para-hydroxylation sites is 1. The molecule has 2 unspecified atom stereocenters. The number of carbonyl (C=O) groups excluding carboxylic acids is 1. The summed E-state index contributed by atoms with van der Waals surface area (Å²) in [6.07, 6.45) is 5.47. The molecule has 4 nitrogen and oxygen atoms in total. The minimum Gasteiger partial charge on any atom is -0.454 e. The van der Waals surface area contributed by atoms with E-state index in [9.17, 15) is 4.79 Å². The van der Waals surface area contributed by atoms with E-state index in [-0.39, 0.29) is 11.7 Å². The van der Waals surface area contributed by atoms with Crippen LogP contribution in [0.2, 0.25) is 0 Å². The summed E-state index contributed by atoms with van der Waals surface area (Å²) in [7, 11) is 0. The van der Waals surface area contributed by atoms with Crippen LogP contribution in [-0.4, -0.2) is 12.0 Å². The van der Waals surface area contributed by atoms with Crippen LogP contribution in [0, 0.1) is 11.3 Å². The number of nitriles is 1. The first-order chi connectivity index (χ1) is 10.7. The molecule has 1 aliphatic carbocycles. The highest BCUT2D eigenvalue weighted by Crippen LogP contribution is 2.48. The van der Waals surface area contributed by atoms with Crippen molar-refractivity contribution in [3.05, 3.63) is 53.5 Å². The molecule has 2 heterocycles. The van der Waals surface area contributed by atoms with Crippen molar-refractivity contribution in [2.45, 2.75) is 30.6 Å². The van der Waals surface area contributed by atoms with Crippen molar-refractivity contribution < 1.29 is 9.21 Å². The first-order valence-corrected chi connectivity index (χ1v) is 7.39. The van der Waals surface area contributed by atoms with Crippen LogP contribution < -0.4 is 0 Å². The molecule has 1 spiro atoms. The average molecular weight is 290 g/mol. The monoisotopic (exact) mass is 290 g/mol. The van der Waals surface area contributed by atoms with E-state index >= 15 is 0 Å². The summed E-state index contributed by atoms with van der Waals surface area (Å²) in [6.45, 7) is 0. The van der Waals surface area contributed by atoms with Crippen LogP contribution in [0.3, 0.4) is 0 Å². The molecule has 1 fully saturated rings. The maximum absolute atomic E-state index is 12.7. The van der Waals surface area contributed by atoms with Gasteiger partial charge in [-0.1, -0.05) is 18.2 Å². The van der Waals surface area contributed by atoms with Crippen molar-refractivity contribution in [1.29, 1.82) is 5.26 Å². The van der Waals surface area contributed by atoms with E-state index in [2.05, 4.69) is 4.99 Å². The predicted octanol–water partition coefficient (Wildman–Crippen LogP) is 3.64. The molecule has 1 saturated carbocycles. The van der Waals surface area contributed by atoms with Crippen molar-refractivity contribution in [2.24, 2.45) is 4.99 Å². The van der Waals surface area contributed by atoms with Crippen molar-refractivity contribution in [3.63, 3.8) is 0 Å². The molecule has 0 amide bonds. The molecule has 108 valence electrons. The highest BCUT2D eigenvalue weighted by molar-refractivity contribution is 6.10. The minimum atomic E-state index is -0.608. The van der Waals surface area contributed by atoms with Crippen LogP contribution in [0.1, 0.15) is 42.1 Å². The van der Waals surface area contributed by atoms with Gasteiger partial charge in [-0.15, -0.1) is 0 Å². The number of aliphatic imine (C=N–C) groups is 1. The lowest BCUT2D eigenvalue weighted by atomic mass is 9.65. The van der Waals surface area contributed by atoms with E-state index in [1.54, 1.807) is 12.3 Å². The van der Waals surface area contributed by atoms with E-state index < -0.39 is 5.41 Å². The largest absolute Gasteiger partial charge is 0.454 e. The second kappa shape index (κ2) is 4.67. The van der Waals surface area contributed by atoms with Crippen LogP contribution in [0.25, 0.3) is 0 Å². The van der Waals surface area contributed by atoms with Gasteiger partial charge in [-0.05, 0) is 42.0 Å². The molecule has 22 heavy (non-hydrogen) atoms. The second-order valence-corrected chi connectivity index (χ2v) is 5.97. The van der Waals surface area contributed by atoms with Gasteiger partial charge in [0.05, 0.1) is 17.4 Å². The summed E-state index contributed by atoms with van der Waals surface area (Å²) in [5.74, 6) is 0.768. The second-order valence-electron chi connectivity index (χ2n) is 5.97. The number of hydrogen-bond acceptors (Lipinski definition) is 4. The molecule has 0 N–H and O–H groups in total. The number of hydrogen-bond donors (Lipinski definition) is 0. The molecule has 0 radical (unpaired) electrons. The van der Waals surface area contributed by atoms with Crippen LogP contribution in [0.5, 0.6) is 0 Å². The fraction of sp³-hybridized carbons (Fsp3) is 0.278. The highest BCUT2D eigenvalue weighted by Gasteiger charge is 2.47. The number of carbonyl (C=O) groups is 1. The molecule has 2 aromatic rings. The molecule has 2 aliphatic rings.